The first-order chi connectivity index (χ1) is 13.2. The predicted molar refractivity (Wildman–Crippen MR) is 106 cm³/mol. The molecule has 0 saturated carbocycles. The highest BCUT2D eigenvalue weighted by molar-refractivity contribution is 6.30. The molecule has 3 heterocycles. The molecule has 4 rings (SSSR count). The van der Waals surface area contributed by atoms with E-state index in [0.29, 0.717) is 13.1 Å². The summed E-state index contributed by atoms with van der Waals surface area (Å²) in [5, 5.41) is 8.17. The van der Waals surface area contributed by atoms with E-state index >= 15 is 0 Å². The molecule has 27 heavy (non-hydrogen) atoms. The monoisotopic (exact) mass is 383 g/mol. The molecule has 0 aliphatic carbocycles. The molecular formula is C20H22ClN5O. The summed E-state index contributed by atoms with van der Waals surface area (Å²) in [7, 11) is 0. The largest absolute Gasteiger partial charge is 0.356 e. The van der Waals surface area contributed by atoms with Gasteiger partial charge in [0.2, 0.25) is 5.91 Å². The summed E-state index contributed by atoms with van der Waals surface area (Å²) in [4.78, 5) is 19.2. The number of halogens is 1. The van der Waals surface area contributed by atoms with Crippen LogP contribution >= 0.6 is 11.6 Å². The van der Waals surface area contributed by atoms with Gasteiger partial charge < -0.3 is 10.2 Å². The van der Waals surface area contributed by atoms with Crippen LogP contribution in [-0.2, 0) is 11.2 Å². The minimum Gasteiger partial charge on any atom is -0.356 e. The van der Waals surface area contributed by atoms with Crippen LogP contribution in [0.5, 0.6) is 0 Å². The van der Waals surface area contributed by atoms with Crippen molar-refractivity contribution in [2.75, 3.05) is 24.5 Å². The Kier molecular flexibility index (Phi) is 5.25. The van der Waals surface area contributed by atoms with Gasteiger partial charge in [-0.25, -0.2) is 4.98 Å². The summed E-state index contributed by atoms with van der Waals surface area (Å²) in [5.41, 5.74) is 1.99. The third-order valence-corrected chi connectivity index (χ3v) is 5.26. The van der Waals surface area contributed by atoms with Gasteiger partial charge in [-0.3, -0.25) is 4.79 Å². The van der Waals surface area contributed by atoms with E-state index in [1.807, 2.05) is 40.9 Å². The molecule has 0 spiro atoms. The van der Waals surface area contributed by atoms with E-state index in [1.54, 1.807) is 12.4 Å². The Hall–Kier alpha value is -2.60. The van der Waals surface area contributed by atoms with Gasteiger partial charge in [-0.15, -0.1) is 0 Å². The Bertz CT molecular complexity index is 924. The minimum absolute atomic E-state index is 0.0113. The van der Waals surface area contributed by atoms with Crippen molar-refractivity contribution >= 4 is 29.0 Å². The minimum atomic E-state index is -0.0113. The van der Waals surface area contributed by atoms with Crippen LogP contribution in [0.2, 0.25) is 5.02 Å². The third kappa shape index (κ3) is 4.06. The Morgan fingerprint density at radius 1 is 1.19 bits per heavy atom. The molecule has 1 aliphatic heterocycles. The van der Waals surface area contributed by atoms with Crippen LogP contribution in [0.25, 0.3) is 5.65 Å². The van der Waals surface area contributed by atoms with E-state index in [0.717, 1.165) is 42.3 Å². The molecule has 1 atom stereocenters. The standard InChI is InChI=1S/C20H22ClN5O/c21-17-5-3-15(4-6-17)7-10-23-20(27)16-2-1-13-25(14-16)19-9-11-22-18-8-12-24-26(18)19/h3-6,8-9,11-12,16H,1-2,7,10,13-14H2,(H,23,27). The van der Waals surface area contributed by atoms with Crippen LogP contribution < -0.4 is 10.2 Å². The normalized spacial score (nSPS) is 17.2. The molecule has 140 valence electrons. The van der Waals surface area contributed by atoms with Crippen LogP contribution in [0.1, 0.15) is 18.4 Å². The van der Waals surface area contributed by atoms with Gasteiger partial charge in [-0.05, 0) is 43.0 Å². The molecule has 0 bridgehead atoms. The number of fused-ring (bicyclic) bond motifs is 1. The molecule has 1 fully saturated rings. The van der Waals surface area contributed by atoms with Gasteiger partial charge in [-0.2, -0.15) is 9.61 Å². The summed E-state index contributed by atoms with van der Waals surface area (Å²) >= 11 is 5.91. The van der Waals surface area contributed by atoms with Crippen LogP contribution in [-0.4, -0.2) is 40.1 Å². The molecule has 1 N–H and O–H groups in total. The summed E-state index contributed by atoms with van der Waals surface area (Å²) in [6.07, 6.45) is 6.24. The number of nitrogens with zero attached hydrogens (tertiary/aromatic N) is 4. The SMILES string of the molecule is O=C(NCCc1ccc(Cl)cc1)C1CCCN(c2ccnc3ccnn23)C1. The van der Waals surface area contributed by atoms with Crippen LogP contribution in [0.3, 0.4) is 0 Å². The number of hydrogen-bond donors (Lipinski definition) is 1. The molecule has 1 saturated heterocycles. The summed E-state index contributed by atoms with van der Waals surface area (Å²) in [6.45, 7) is 2.26. The number of carbonyl (C=O) groups excluding carboxylic acids is 1. The van der Waals surface area contributed by atoms with Crippen molar-refractivity contribution < 1.29 is 4.79 Å². The first kappa shape index (κ1) is 17.8. The fourth-order valence-electron chi connectivity index (χ4n) is 3.59. The van der Waals surface area contributed by atoms with Crippen molar-refractivity contribution in [3.8, 4) is 0 Å². The first-order valence-corrected chi connectivity index (χ1v) is 9.64. The molecule has 6 nitrogen and oxygen atoms in total. The summed E-state index contributed by atoms with van der Waals surface area (Å²) < 4.78 is 1.83. The summed E-state index contributed by atoms with van der Waals surface area (Å²) in [5.74, 6) is 1.10. The molecule has 7 heteroatoms. The lowest BCUT2D eigenvalue weighted by Crippen LogP contribution is -2.44. The molecular weight excluding hydrogens is 362 g/mol. The number of anilines is 1. The van der Waals surface area contributed by atoms with E-state index in [4.69, 9.17) is 11.6 Å². The van der Waals surface area contributed by atoms with Crippen molar-refractivity contribution in [3.05, 3.63) is 59.4 Å². The fraction of sp³-hybridized carbons (Fsp3) is 0.350. The van der Waals surface area contributed by atoms with Gasteiger partial charge >= 0.3 is 0 Å². The maximum atomic E-state index is 12.6. The summed E-state index contributed by atoms with van der Waals surface area (Å²) in [6, 6.07) is 11.6. The van der Waals surface area contributed by atoms with E-state index in [2.05, 4.69) is 20.3 Å². The molecule has 1 unspecified atom stereocenters. The molecule has 1 amide bonds. The quantitative estimate of drug-likeness (QED) is 0.735. The van der Waals surface area contributed by atoms with E-state index in [-0.39, 0.29) is 11.8 Å². The van der Waals surface area contributed by atoms with Crippen LogP contribution in [0.4, 0.5) is 5.82 Å². The highest BCUT2D eigenvalue weighted by atomic mass is 35.5. The zero-order valence-electron chi connectivity index (χ0n) is 15.0. The maximum Gasteiger partial charge on any atom is 0.224 e. The number of aromatic nitrogens is 3. The van der Waals surface area contributed by atoms with Crippen molar-refractivity contribution in [3.63, 3.8) is 0 Å². The number of amides is 1. The third-order valence-electron chi connectivity index (χ3n) is 5.01. The first-order valence-electron chi connectivity index (χ1n) is 9.26. The van der Waals surface area contributed by atoms with Gasteiger partial charge in [0.15, 0.2) is 5.65 Å². The number of piperidine rings is 1. The van der Waals surface area contributed by atoms with E-state index in [9.17, 15) is 4.79 Å². The number of nitrogens with one attached hydrogen (secondary N) is 1. The lowest BCUT2D eigenvalue weighted by molar-refractivity contribution is -0.125. The molecule has 3 aromatic rings. The zero-order chi connectivity index (χ0) is 18.6. The second-order valence-corrected chi connectivity index (χ2v) is 7.29. The molecule has 1 aliphatic rings. The lowest BCUT2D eigenvalue weighted by Gasteiger charge is -2.33. The van der Waals surface area contributed by atoms with Crippen LogP contribution in [0.15, 0.2) is 48.8 Å². The molecule has 0 radical (unpaired) electrons. The number of benzene rings is 1. The Balaban J connectivity index is 1.35. The van der Waals surface area contributed by atoms with E-state index < -0.39 is 0 Å². The average Bonchev–Trinajstić information content (AvgIpc) is 3.18. The smallest absolute Gasteiger partial charge is 0.224 e. The molecule has 1 aromatic carbocycles. The number of rotatable bonds is 5. The second kappa shape index (κ2) is 7.96. The second-order valence-electron chi connectivity index (χ2n) is 6.86. The number of hydrogen-bond acceptors (Lipinski definition) is 4. The van der Waals surface area contributed by atoms with E-state index in [1.165, 1.54) is 5.56 Å². The van der Waals surface area contributed by atoms with Crippen molar-refractivity contribution in [2.45, 2.75) is 19.3 Å². The van der Waals surface area contributed by atoms with Gasteiger partial charge in [0.25, 0.3) is 0 Å². The van der Waals surface area contributed by atoms with Gasteiger partial charge in [0, 0.05) is 36.9 Å². The topological polar surface area (TPSA) is 62.5 Å². The van der Waals surface area contributed by atoms with Crippen LogP contribution in [0, 0.1) is 5.92 Å². The Labute approximate surface area is 163 Å². The van der Waals surface area contributed by atoms with Gasteiger partial charge in [0.1, 0.15) is 5.82 Å². The van der Waals surface area contributed by atoms with Gasteiger partial charge in [-0.1, -0.05) is 23.7 Å². The highest BCUT2D eigenvalue weighted by Gasteiger charge is 2.27. The van der Waals surface area contributed by atoms with Gasteiger partial charge in [0.05, 0.1) is 12.1 Å². The maximum absolute atomic E-state index is 12.6. The van der Waals surface area contributed by atoms with Crippen molar-refractivity contribution in [1.82, 2.24) is 19.9 Å². The van der Waals surface area contributed by atoms with Crippen molar-refractivity contribution in [2.24, 2.45) is 5.92 Å². The highest BCUT2D eigenvalue weighted by Crippen LogP contribution is 2.23. The lowest BCUT2D eigenvalue weighted by atomic mass is 9.97. The fourth-order valence-corrected chi connectivity index (χ4v) is 3.71. The Morgan fingerprint density at radius 3 is 2.89 bits per heavy atom. The van der Waals surface area contributed by atoms with Crippen molar-refractivity contribution in [1.29, 1.82) is 0 Å². The molecule has 2 aromatic heterocycles. The average molecular weight is 384 g/mol. The zero-order valence-corrected chi connectivity index (χ0v) is 15.8. The predicted octanol–water partition coefficient (Wildman–Crippen LogP) is 2.96. The number of carbonyl (C=O) groups is 1. The Morgan fingerprint density at radius 2 is 2.04 bits per heavy atom.